The molecule has 3 rings (SSSR count). The summed E-state index contributed by atoms with van der Waals surface area (Å²) in [5.74, 6) is -0.181. The van der Waals surface area contributed by atoms with Crippen LogP contribution in [0, 0.1) is 6.92 Å². The number of anilines is 1. The molecule has 1 N–H and O–H groups in total. The molecule has 0 atom stereocenters. The first-order valence-corrected chi connectivity index (χ1v) is 7.92. The number of aromatic nitrogens is 2. The van der Waals surface area contributed by atoms with E-state index in [1.165, 1.54) is 5.56 Å². The number of aryl methyl sites for hydroxylation is 1. The molecule has 122 valence electrons. The number of nitrogens with zero attached hydrogens (tertiary/aromatic N) is 3. The van der Waals surface area contributed by atoms with E-state index in [-0.39, 0.29) is 5.91 Å². The number of carbonyl (C=O) groups is 1. The zero-order chi connectivity index (χ0) is 16.9. The molecule has 0 saturated heterocycles. The van der Waals surface area contributed by atoms with Crippen LogP contribution in [-0.4, -0.2) is 22.2 Å². The second kappa shape index (κ2) is 7.00. The van der Waals surface area contributed by atoms with Gasteiger partial charge in [0, 0.05) is 12.7 Å². The van der Waals surface area contributed by atoms with Crippen LogP contribution in [0.2, 0.25) is 0 Å². The maximum atomic E-state index is 12.5. The Morgan fingerprint density at radius 1 is 1.12 bits per heavy atom. The predicted molar refractivity (Wildman–Crippen MR) is 95.2 cm³/mol. The fourth-order valence-electron chi connectivity index (χ4n) is 2.40. The summed E-state index contributed by atoms with van der Waals surface area (Å²) in [5, 5.41) is 6.08. The number of rotatable bonds is 5. The Hall–Kier alpha value is -3.08. The van der Waals surface area contributed by atoms with Crippen molar-refractivity contribution in [3.8, 4) is 5.69 Å². The van der Waals surface area contributed by atoms with Gasteiger partial charge in [-0.3, -0.25) is 15.2 Å². The summed E-state index contributed by atoms with van der Waals surface area (Å²) in [6.07, 6.45) is 3.30. The number of benzene rings is 2. The van der Waals surface area contributed by atoms with Crippen LogP contribution < -0.4 is 10.4 Å². The van der Waals surface area contributed by atoms with E-state index in [1.54, 1.807) is 17.1 Å². The van der Waals surface area contributed by atoms with Gasteiger partial charge in [0.05, 0.1) is 23.1 Å². The Kier molecular flexibility index (Phi) is 4.61. The lowest BCUT2D eigenvalue weighted by atomic mass is 10.2. The van der Waals surface area contributed by atoms with Crippen molar-refractivity contribution < 1.29 is 4.79 Å². The zero-order valence-corrected chi connectivity index (χ0v) is 13.8. The van der Waals surface area contributed by atoms with Gasteiger partial charge in [-0.05, 0) is 38.1 Å². The predicted octanol–water partition coefficient (Wildman–Crippen LogP) is 3.35. The van der Waals surface area contributed by atoms with E-state index >= 15 is 0 Å². The quantitative estimate of drug-likeness (QED) is 0.734. The monoisotopic (exact) mass is 320 g/mol. The summed E-state index contributed by atoms with van der Waals surface area (Å²) in [6, 6.07) is 17.7. The third-order valence-corrected chi connectivity index (χ3v) is 3.76. The molecule has 0 aliphatic rings. The van der Waals surface area contributed by atoms with Gasteiger partial charge in [-0.1, -0.05) is 35.9 Å². The Morgan fingerprint density at radius 2 is 1.83 bits per heavy atom. The highest BCUT2D eigenvalue weighted by molar-refractivity contribution is 5.94. The molecule has 1 aromatic heterocycles. The molecule has 0 unspecified atom stereocenters. The van der Waals surface area contributed by atoms with E-state index in [2.05, 4.69) is 10.5 Å². The van der Waals surface area contributed by atoms with Crippen molar-refractivity contribution in [2.75, 3.05) is 11.6 Å². The molecule has 0 aliphatic carbocycles. The molecule has 0 spiro atoms. The normalized spacial score (nSPS) is 10.4. The van der Waals surface area contributed by atoms with Gasteiger partial charge in [-0.25, -0.2) is 4.68 Å². The molecule has 3 aromatic rings. The number of hydrogen-bond donors (Lipinski definition) is 1. The Morgan fingerprint density at radius 3 is 2.50 bits per heavy atom. The minimum atomic E-state index is -0.181. The highest BCUT2D eigenvalue weighted by atomic mass is 16.2. The first-order chi connectivity index (χ1) is 11.7. The van der Waals surface area contributed by atoms with Gasteiger partial charge in [0.1, 0.15) is 0 Å². The molecular formula is C19H20N4O. The highest BCUT2D eigenvalue weighted by Crippen LogP contribution is 2.14. The van der Waals surface area contributed by atoms with E-state index in [0.717, 1.165) is 11.4 Å². The van der Waals surface area contributed by atoms with E-state index in [9.17, 15) is 4.79 Å². The van der Waals surface area contributed by atoms with Crippen molar-refractivity contribution in [1.29, 1.82) is 0 Å². The average Bonchev–Trinajstić information content (AvgIpc) is 3.11. The topological polar surface area (TPSA) is 50.2 Å². The Labute approximate surface area is 141 Å². The van der Waals surface area contributed by atoms with Crippen LogP contribution in [0.15, 0.2) is 67.0 Å². The third kappa shape index (κ3) is 3.46. The fraction of sp³-hybridized carbons (Fsp3) is 0.158. The van der Waals surface area contributed by atoms with Gasteiger partial charge in [0.15, 0.2) is 0 Å². The molecule has 5 nitrogen and oxygen atoms in total. The SMILES string of the molecule is CCN(NC(=O)c1cnn(-c2ccccc2)c1)c1ccc(C)cc1. The minimum Gasteiger partial charge on any atom is -0.286 e. The highest BCUT2D eigenvalue weighted by Gasteiger charge is 2.13. The summed E-state index contributed by atoms with van der Waals surface area (Å²) < 4.78 is 1.69. The standard InChI is InChI=1S/C19H20N4O/c1-3-22(18-11-9-15(2)10-12-18)21-19(24)16-13-20-23(14-16)17-7-5-4-6-8-17/h4-14H,3H2,1-2H3,(H,21,24). The molecule has 1 amide bonds. The molecule has 0 saturated carbocycles. The van der Waals surface area contributed by atoms with Crippen LogP contribution in [0.1, 0.15) is 22.8 Å². The molecular weight excluding hydrogens is 300 g/mol. The summed E-state index contributed by atoms with van der Waals surface area (Å²) in [7, 11) is 0. The smallest absolute Gasteiger partial charge is 0.272 e. The third-order valence-electron chi connectivity index (χ3n) is 3.76. The summed E-state index contributed by atoms with van der Waals surface area (Å²) in [4.78, 5) is 12.5. The van der Waals surface area contributed by atoms with Crippen LogP contribution in [0.25, 0.3) is 5.69 Å². The molecule has 0 aliphatic heterocycles. The number of hydrogen-bond acceptors (Lipinski definition) is 3. The van der Waals surface area contributed by atoms with Gasteiger partial charge in [0.2, 0.25) is 0 Å². The lowest BCUT2D eigenvalue weighted by Crippen LogP contribution is -2.42. The molecule has 24 heavy (non-hydrogen) atoms. The van der Waals surface area contributed by atoms with Crippen LogP contribution in [-0.2, 0) is 0 Å². The second-order valence-electron chi connectivity index (χ2n) is 5.53. The summed E-state index contributed by atoms with van der Waals surface area (Å²) in [6.45, 7) is 4.70. The maximum absolute atomic E-state index is 12.5. The molecule has 1 heterocycles. The van der Waals surface area contributed by atoms with Crippen molar-refractivity contribution in [3.05, 3.63) is 78.1 Å². The Bertz CT molecular complexity index is 809. The van der Waals surface area contributed by atoms with Crippen molar-refractivity contribution >= 4 is 11.6 Å². The van der Waals surface area contributed by atoms with E-state index in [4.69, 9.17) is 0 Å². The van der Waals surface area contributed by atoms with Crippen molar-refractivity contribution in [2.45, 2.75) is 13.8 Å². The molecule has 5 heteroatoms. The lowest BCUT2D eigenvalue weighted by molar-refractivity contribution is 0.0949. The molecule has 0 fully saturated rings. The minimum absolute atomic E-state index is 0.181. The zero-order valence-electron chi connectivity index (χ0n) is 13.8. The van der Waals surface area contributed by atoms with E-state index in [0.29, 0.717) is 12.1 Å². The first-order valence-electron chi connectivity index (χ1n) is 7.92. The van der Waals surface area contributed by atoms with Crippen LogP contribution in [0.5, 0.6) is 0 Å². The molecule has 0 bridgehead atoms. The largest absolute Gasteiger partial charge is 0.286 e. The van der Waals surface area contributed by atoms with Gasteiger partial charge >= 0.3 is 0 Å². The van der Waals surface area contributed by atoms with Gasteiger partial charge < -0.3 is 0 Å². The van der Waals surface area contributed by atoms with Crippen LogP contribution in [0.4, 0.5) is 5.69 Å². The number of hydrazine groups is 1. The molecule has 2 aromatic carbocycles. The van der Waals surface area contributed by atoms with Crippen molar-refractivity contribution in [1.82, 2.24) is 15.2 Å². The van der Waals surface area contributed by atoms with Crippen LogP contribution >= 0.6 is 0 Å². The summed E-state index contributed by atoms with van der Waals surface area (Å²) in [5.41, 5.74) is 6.50. The number of amides is 1. The fourth-order valence-corrected chi connectivity index (χ4v) is 2.40. The van der Waals surface area contributed by atoms with Crippen LogP contribution in [0.3, 0.4) is 0 Å². The van der Waals surface area contributed by atoms with E-state index < -0.39 is 0 Å². The van der Waals surface area contributed by atoms with Crippen molar-refractivity contribution in [3.63, 3.8) is 0 Å². The number of carbonyl (C=O) groups excluding carboxylic acids is 1. The Balaban J connectivity index is 1.74. The summed E-state index contributed by atoms with van der Waals surface area (Å²) >= 11 is 0. The van der Waals surface area contributed by atoms with Gasteiger partial charge in [-0.15, -0.1) is 0 Å². The second-order valence-corrected chi connectivity index (χ2v) is 5.53. The van der Waals surface area contributed by atoms with Gasteiger partial charge in [-0.2, -0.15) is 5.10 Å². The first kappa shape index (κ1) is 15.8. The van der Waals surface area contributed by atoms with E-state index in [1.807, 2.05) is 73.5 Å². The number of para-hydroxylation sites is 1. The van der Waals surface area contributed by atoms with Crippen molar-refractivity contribution in [2.24, 2.45) is 0 Å². The molecule has 0 radical (unpaired) electrons. The average molecular weight is 320 g/mol. The number of nitrogens with one attached hydrogen (secondary N) is 1. The van der Waals surface area contributed by atoms with Gasteiger partial charge in [0.25, 0.3) is 5.91 Å². The maximum Gasteiger partial charge on any atom is 0.272 e. The lowest BCUT2D eigenvalue weighted by Gasteiger charge is -2.23.